The Kier molecular flexibility index (Phi) is 3.93. The third kappa shape index (κ3) is 2.97. The van der Waals surface area contributed by atoms with Crippen LogP contribution in [0.3, 0.4) is 0 Å². The van der Waals surface area contributed by atoms with Gasteiger partial charge < -0.3 is 4.90 Å². The minimum absolute atomic E-state index is 0.0154. The minimum atomic E-state index is -1.03. The Balaban J connectivity index is 2.10. The summed E-state index contributed by atoms with van der Waals surface area (Å²) in [7, 11) is 1.63. The van der Waals surface area contributed by atoms with Crippen molar-refractivity contribution in [1.29, 1.82) is 0 Å². The van der Waals surface area contributed by atoms with Gasteiger partial charge >= 0.3 is 0 Å². The summed E-state index contributed by atoms with van der Waals surface area (Å²) in [5, 5.41) is 0. The summed E-state index contributed by atoms with van der Waals surface area (Å²) in [6.07, 6.45) is 2.20. The first kappa shape index (κ1) is 13.6. The number of amides is 1. The molecule has 0 aliphatic heterocycles. The molecule has 1 fully saturated rings. The molecular formula is C14H15F2NO2. The molecule has 0 radical (unpaired) electrons. The smallest absolute Gasteiger partial charge is 0.253 e. The average molecular weight is 267 g/mol. The molecule has 0 aromatic heterocycles. The van der Waals surface area contributed by atoms with Crippen molar-refractivity contribution in [2.45, 2.75) is 31.7 Å². The molecule has 0 heterocycles. The number of nitrogens with zero attached hydrogens (tertiary/aromatic N) is 1. The summed E-state index contributed by atoms with van der Waals surface area (Å²) in [5.41, 5.74) is 0.123. The summed E-state index contributed by atoms with van der Waals surface area (Å²) >= 11 is 0. The SMILES string of the molecule is CN(C(=O)c1ccc(F)c(F)c1)C1CCC(=O)CC1. The normalized spacial score (nSPS) is 16.5. The van der Waals surface area contributed by atoms with Crippen molar-refractivity contribution < 1.29 is 18.4 Å². The predicted molar refractivity (Wildman–Crippen MR) is 65.7 cm³/mol. The molecule has 1 saturated carbocycles. The van der Waals surface area contributed by atoms with E-state index in [1.165, 1.54) is 11.0 Å². The first-order valence-corrected chi connectivity index (χ1v) is 6.23. The Morgan fingerprint density at radius 3 is 2.42 bits per heavy atom. The van der Waals surface area contributed by atoms with Crippen molar-refractivity contribution in [3.8, 4) is 0 Å². The van der Waals surface area contributed by atoms with E-state index in [0.29, 0.717) is 25.7 Å². The molecule has 0 saturated heterocycles. The Hall–Kier alpha value is -1.78. The molecule has 1 aromatic carbocycles. The third-order valence-electron chi connectivity index (χ3n) is 3.55. The molecule has 1 aromatic rings. The lowest BCUT2D eigenvalue weighted by Gasteiger charge is -2.30. The van der Waals surface area contributed by atoms with Crippen LogP contribution in [0.15, 0.2) is 18.2 Å². The molecule has 5 heteroatoms. The molecule has 0 atom stereocenters. The van der Waals surface area contributed by atoms with Crippen molar-refractivity contribution in [3.05, 3.63) is 35.4 Å². The number of carbonyl (C=O) groups is 2. The van der Waals surface area contributed by atoms with Crippen LogP contribution < -0.4 is 0 Å². The van der Waals surface area contributed by atoms with Crippen LogP contribution in [0.2, 0.25) is 0 Å². The van der Waals surface area contributed by atoms with Crippen LogP contribution in [-0.2, 0) is 4.79 Å². The van der Waals surface area contributed by atoms with Crippen LogP contribution in [0.1, 0.15) is 36.0 Å². The van der Waals surface area contributed by atoms with Crippen LogP contribution >= 0.6 is 0 Å². The quantitative estimate of drug-likeness (QED) is 0.825. The van der Waals surface area contributed by atoms with Gasteiger partial charge in [-0.2, -0.15) is 0 Å². The maximum absolute atomic E-state index is 13.1. The van der Waals surface area contributed by atoms with Gasteiger partial charge in [-0.15, -0.1) is 0 Å². The van der Waals surface area contributed by atoms with Crippen LogP contribution in [0, 0.1) is 11.6 Å². The summed E-state index contributed by atoms with van der Waals surface area (Å²) in [6, 6.07) is 3.10. The molecule has 0 N–H and O–H groups in total. The summed E-state index contributed by atoms with van der Waals surface area (Å²) in [5.74, 6) is -2.14. The van der Waals surface area contributed by atoms with Gasteiger partial charge in [-0.3, -0.25) is 9.59 Å². The van der Waals surface area contributed by atoms with Crippen LogP contribution in [-0.4, -0.2) is 29.7 Å². The highest BCUT2D eigenvalue weighted by Gasteiger charge is 2.26. The van der Waals surface area contributed by atoms with Gasteiger partial charge in [-0.05, 0) is 31.0 Å². The van der Waals surface area contributed by atoms with Crippen molar-refractivity contribution in [1.82, 2.24) is 4.90 Å². The van der Waals surface area contributed by atoms with E-state index in [2.05, 4.69) is 0 Å². The molecule has 0 bridgehead atoms. The van der Waals surface area contributed by atoms with Crippen LogP contribution in [0.5, 0.6) is 0 Å². The molecule has 1 aliphatic rings. The van der Waals surface area contributed by atoms with Gasteiger partial charge in [-0.1, -0.05) is 0 Å². The highest BCUT2D eigenvalue weighted by Crippen LogP contribution is 2.21. The summed E-state index contributed by atoms with van der Waals surface area (Å²) < 4.78 is 25.9. The van der Waals surface area contributed by atoms with E-state index in [4.69, 9.17) is 0 Å². The molecule has 0 unspecified atom stereocenters. The zero-order chi connectivity index (χ0) is 14.0. The monoisotopic (exact) mass is 267 g/mol. The average Bonchev–Trinajstić information content (AvgIpc) is 2.41. The molecule has 1 amide bonds. The molecule has 0 spiro atoms. The molecule has 19 heavy (non-hydrogen) atoms. The van der Waals surface area contributed by atoms with Crippen LogP contribution in [0.4, 0.5) is 8.78 Å². The van der Waals surface area contributed by atoms with Gasteiger partial charge in [0.1, 0.15) is 5.78 Å². The molecule has 102 valence electrons. The number of rotatable bonds is 2. The van der Waals surface area contributed by atoms with Gasteiger partial charge in [0.15, 0.2) is 11.6 Å². The lowest BCUT2D eigenvalue weighted by atomic mass is 9.93. The molecule has 3 nitrogen and oxygen atoms in total. The molecule has 1 aliphatic carbocycles. The highest BCUT2D eigenvalue weighted by molar-refractivity contribution is 5.94. The van der Waals surface area contributed by atoms with E-state index in [0.717, 1.165) is 12.1 Å². The lowest BCUT2D eigenvalue weighted by molar-refractivity contribution is -0.121. The van der Waals surface area contributed by atoms with Gasteiger partial charge in [0.05, 0.1) is 0 Å². The van der Waals surface area contributed by atoms with E-state index >= 15 is 0 Å². The van der Waals surface area contributed by atoms with E-state index in [-0.39, 0.29) is 23.3 Å². The standard InChI is InChI=1S/C14H15F2NO2/c1-17(10-3-5-11(18)6-4-10)14(19)9-2-7-12(15)13(16)8-9/h2,7-8,10H,3-6H2,1H3. The Morgan fingerprint density at radius 1 is 1.21 bits per heavy atom. The fraction of sp³-hybridized carbons (Fsp3) is 0.429. The Labute approximate surface area is 110 Å². The number of benzene rings is 1. The van der Waals surface area contributed by atoms with Crippen molar-refractivity contribution in [2.24, 2.45) is 0 Å². The highest BCUT2D eigenvalue weighted by atomic mass is 19.2. The number of hydrogen-bond donors (Lipinski definition) is 0. The summed E-state index contributed by atoms with van der Waals surface area (Å²) in [6.45, 7) is 0. The van der Waals surface area contributed by atoms with E-state index in [9.17, 15) is 18.4 Å². The second-order valence-electron chi connectivity index (χ2n) is 4.81. The fourth-order valence-corrected chi connectivity index (χ4v) is 2.31. The largest absolute Gasteiger partial charge is 0.339 e. The van der Waals surface area contributed by atoms with E-state index in [1.807, 2.05) is 0 Å². The molecular weight excluding hydrogens is 252 g/mol. The maximum Gasteiger partial charge on any atom is 0.253 e. The van der Waals surface area contributed by atoms with Gasteiger partial charge in [0.25, 0.3) is 5.91 Å². The predicted octanol–water partition coefficient (Wildman–Crippen LogP) is 2.55. The zero-order valence-electron chi connectivity index (χ0n) is 10.7. The lowest BCUT2D eigenvalue weighted by Crippen LogP contribution is -2.39. The number of Topliss-reactive ketones (excluding diaryl/α,β-unsaturated/α-hetero) is 1. The summed E-state index contributed by atoms with van der Waals surface area (Å²) in [4.78, 5) is 24.8. The topological polar surface area (TPSA) is 37.4 Å². The van der Waals surface area contributed by atoms with Crippen molar-refractivity contribution in [3.63, 3.8) is 0 Å². The molecule has 2 rings (SSSR count). The van der Waals surface area contributed by atoms with Crippen LogP contribution in [0.25, 0.3) is 0 Å². The number of halogens is 2. The Morgan fingerprint density at radius 2 is 1.84 bits per heavy atom. The number of hydrogen-bond acceptors (Lipinski definition) is 2. The van der Waals surface area contributed by atoms with Gasteiger partial charge in [0.2, 0.25) is 0 Å². The first-order valence-electron chi connectivity index (χ1n) is 6.23. The third-order valence-corrected chi connectivity index (χ3v) is 3.55. The fourth-order valence-electron chi connectivity index (χ4n) is 2.31. The van der Waals surface area contributed by atoms with Gasteiger partial charge in [-0.25, -0.2) is 8.78 Å². The van der Waals surface area contributed by atoms with Crippen molar-refractivity contribution in [2.75, 3.05) is 7.05 Å². The van der Waals surface area contributed by atoms with Crippen molar-refractivity contribution >= 4 is 11.7 Å². The Bertz CT molecular complexity index is 506. The van der Waals surface area contributed by atoms with E-state index < -0.39 is 11.6 Å². The minimum Gasteiger partial charge on any atom is -0.339 e. The zero-order valence-corrected chi connectivity index (χ0v) is 10.7. The number of ketones is 1. The first-order chi connectivity index (χ1) is 8.99. The van der Waals surface area contributed by atoms with E-state index in [1.54, 1.807) is 7.05 Å². The maximum atomic E-state index is 13.1. The second kappa shape index (κ2) is 5.47. The second-order valence-corrected chi connectivity index (χ2v) is 4.81. The number of carbonyl (C=O) groups excluding carboxylic acids is 2. The van der Waals surface area contributed by atoms with Gasteiger partial charge in [0, 0.05) is 31.5 Å².